The lowest BCUT2D eigenvalue weighted by Gasteiger charge is -2.20. The predicted octanol–water partition coefficient (Wildman–Crippen LogP) is 12.5. The third-order valence-corrected chi connectivity index (χ3v) is 9.25. The summed E-state index contributed by atoms with van der Waals surface area (Å²) in [5, 5.41) is 12.8. The molecule has 9 aromatic rings. The van der Waals surface area contributed by atoms with Crippen LogP contribution in [0.15, 0.2) is 170 Å². The Morgan fingerprint density at radius 2 is 0.682 bits per heavy atom. The third kappa shape index (κ3) is 3.78. The fourth-order valence-electron chi connectivity index (χ4n) is 7.28. The van der Waals surface area contributed by atoms with Crippen molar-refractivity contribution in [1.82, 2.24) is 0 Å². The zero-order chi connectivity index (χ0) is 29.0. The van der Waals surface area contributed by atoms with Gasteiger partial charge in [-0.1, -0.05) is 170 Å². The van der Waals surface area contributed by atoms with Crippen LogP contribution in [0.2, 0.25) is 0 Å². The number of fused-ring (bicyclic) bond motifs is 6. The lowest BCUT2D eigenvalue weighted by Crippen LogP contribution is -1.93. The Balaban J connectivity index is 1.38. The van der Waals surface area contributed by atoms with Crippen molar-refractivity contribution in [2.75, 3.05) is 0 Å². The zero-order valence-electron chi connectivity index (χ0n) is 24.2. The van der Waals surface area contributed by atoms with Gasteiger partial charge in [0, 0.05) is 0 Å². The van der Waals surface area contributed by atoms with Crippen LogP contribution in [0.25, 0.3) is 87.2 Å². The molecule has 0 N–H and O–H groups in total. The Kier molecular flexibility index (Phi) is 5.61. The molecule has 9 aromatic carbocycles. The van der Waals surface area contributed by atoms with Gasteiger partial charge in [-0.2, -0.15) is 0 Å². The number of hydrogen-bond acceptors (Lipinski definition) is 0. The molecule has 0 heteroatoms. The fraction of sp³-hybridized carbons (Fsp3) is 0. The molecule has 0 fully saturated rings. The molecule has 0 unspecified atom stereocenters. The number of benzene rings is 9. The first-order chi connectivity index (χ1) is 21.8. The van der Waals surface area contributed by atoms with E-state index >= 15 is 0 Å². The zero-order valence-corrected chi connectivity index (χ0v) is 24.2. The quantitative estimate of drug-likeness (QED) is 0.150. The molecule has 0 atom stereocenters. The summed E-state index contributed by atoms with van der Waals surface area (Å²) in [6.07, 6.45) is 0. The van der Waals surface area contributed by atoms with Crippen molar-refractivity contribution in [3.8, 4) is 33.4 Å². The minimum atomic E-state index is 1.23. The molecule has 44 heavy (non-hydrogen) atoms. The first kappa shape index (κ1) is 24.8. The molecule has 0 bridgehead atoms. The van der Waals surface area contributed by atoms with E-state index in [1.807, 2.05) is 0 Å². The average molecular weight is 557 g/mol. The normalized spacial score (nSPS) is 11.6. The van der Waals surface area contributed by atoms with Crippen LogP contribution in [0, 0.1) is 0 Å². The van der Waals surface area contributed by atoms with Crippen molar-refractivity contribution < 1.29 is 0 Å². The van der Waals surface area contributed by atoms with Gasteiger partial charge >= 0.3 is 0 Å². The average Bonchev–Trinajstić information content (AvgIpc) is 3.10. The Bertz CT molecular complexity index is 2520. The Hall–Kier alpha value is -5.72. The van der Waals surface area contributed by atoms with Crippen LogP contribution in [0.5, 0.6) is 0 Å². The lowest BCUT2D eigenvalue weighted by molar-refractivity contribution is 1.64. The maximum atomic E-state index is 2.34. The van der Waals surface area contributed by atoms with E-state index in [0.717, 1.165) is 0 Å². The van der Waals surface area contributed by atoms with Gasteiger partial charge in [-0.25, -0.2) is 0 Å². The van der Waals surface area contributed by atoms with Gasteiger partial charge in [0.05, 0.1) is 0 Å². The van der Waals surface area contributed by atoms with Gasteiger partial charge in [0.15, 0.2) is 0 Å². The Morgan fingerprint density at radius 3 is 1.34 bits per heavy atom. The van der Waals surface area contributed by atoms with Crippen LogP contribution >= 0.6 is 0 Å². The van der Waals surface area contributed by atoms with Gasteiger partial charge in [0.2, 0.25) is 0 Å². The standard InChI is InChI=1S/C44H28/c1-4-16-34-29(11-1)14-9-21-35(34)32-23-25-33(26-24-32)42-39-19-7-8-20-40(39)43(38-22-10-15-30-12-2-5-17-36(30)38)41-28-27-31-13-3-6-18-37(31)44(41)42/h1-28H. The maximum absolute atomic E-state index is 2.34. The summed E-state index contributed by atoms with van der Waals surface area (Å²) in [6, 6.07) is 62.3. The molecular formula is C44H28. The molecule has 0 saturated heterocycles. The van der Waals surface area contributed by atoms with Gasteiger partial charge in [-0.3, -0.25) is 0 Å². The first-order valence-electron chi connectivity index (χ1n) is 15.3. The highest BCUT2D eigenvalue weighted by molar-refractivity contribution is 6.29. The topological polar surface area (TPSA) is 0 Å². The molecular weight excluding hydrogens is 528 g/mol. The summed E-state index contributed by atoms with van der Waals surface area (Å²) >= 11 is 0. The van der Waals surface area contributed by atoms with Crippen LogP contribution in [-0.2, 0) is 0 Å². The monoisotopic (exact) mass is 556 g/mol. The van der Waals surface area contributed by atoms with E-state index in [-0.39, 0.29) is 0 Å². The van der Waals surface area contributed by atoms with E-state index < -0.39 is 0 Å². The van der Waals surface area contributed by atoms with Crippen molar-refractivity contribution >= 4 is 53.9 Å². The van der Waals surface area contributed by atoms with E-state index in [2.05, 4.69) is 170 Å². The Labute approximate surface area is 256 Å². The van der Waals surface area contributed by atoms with Crippen molar-refractivity contribution in [1.29, 1.82) is 0 Å². The summed E-state index contributed by atoms with van der Waals surface area (Å²) in [4.78, 5) is 0. The van der Waals surface area contributed by atoms with E-state index in [1.165, 1.54) is 87.2 Å². The van der Waals surface area contributed by atoms with Gasteiger partial charge in [-0.15, -0.1) is 0 Å². The number of hydrogen-bond donors (Lipinski definition) is 0. The summed E-state index contributed by atoms with van der Waals surface area (Å²) in [6.45, 7) is 0. The highest BCUT2D eigenvalue weighted by Gasteiger charge is 2.19. The highest BCUT2D eigenvalue weighted by Crippen LogP contribution is 2.47. The minimum absolute atomic E-state index is 1.23. The lowest BCUT2D eigenvalue weighted by atomic mass is 9.83. The van der Waals surface area contributed by atoms with E-state index in [1.54, 1.807) is 0 Å². The molecule has 0 heterocycles. The highest BCUT2D eigenvalue weighted by atomic mass is 14.2. The van der Waals surface area contributed by atoms with Crippen molar-refractivity contribution in [2.24, 2.45) is 0 Å². The first-order valence-corrected chi connectivity index (χ1v) is 15.3. The molecule has 9 rings (SSSR count). The van der Waals surface area contributed by atoms with E-state index in [4.69, 9.17) is 0 Å². The fourth-order valence-corrected chi connectivity index (χ4v) is 7.28. The smallest absolute Gasteiger partial charge is 0.00141 e. The molecule has 0 aliphatic carbocycles. The molecule has 0 radical (unpaired) electrons. The molecule has 0 aromatic heterocycles. The summed E-state index contributed by atoms with van der Waals surface area (Å²) in [5.41, 5.74) is 7.60. The van der Waals surface area contributed by atoms with Gasteiger partial charge < -0.3 is 0 Å². The minimum Gasteiger partial charge on any atom is -0.0616 e. The van der Waals surface area contributed by atoms with Crippen LogP contribution in [0.4, 0.5) is 0 Å². The molecule has 0 saturated carbocycles. The molecule has 0 amide bonds. The van der Waals surface area contributed by atoms with Crippen LogP contribution < -0.4 is 0 Å². The second-order valence-electron chi connectivity index (χ2n) is 11.6. The molecule has 0 spiro atoms. The summed E-state index contributed by atoms with van der Waals surface area (Å²) in [7, 11) is 0. The molecule has 0 nitrogen and oxygen atoms in total. The van der Waals surface area contributed by atoms with Crippen LogP contribution in [0.1, 0.15) is 0 Å². The number of rotatable bonds is 3. The predicted molar refractivity (Wildman–Crippen MR) is 190 cm³/mol. The third-order valence-electron chi connectivity index (χ3n) is 9.25. The van der Waals surface area contributed by atoms with E-state index in [9.17, 15) is 0 Å². The van der Waals surface area contributed by atoms with Crippen molar-refractivity contribution in [3.63, 3.8) is 0 Å². The molecule has 0 aliphatic heterocycles. The summed E-state index contributed by atoms with van der Waals surface area (Å²) in [5.74, 6) is 0. The van der Waals surface area contributed by atoms with Gasteiger partial charge in [-0.05, 0) is 87.2 Å². The van der Waals surface area contributed by atoms with Gasteiger partial charge in [0.1, 0.15) is 0 Å². The molecule has 0 aliphatic rings. The summed E-state index contributed by atoms with van der Waals surface area (Å²) < 4.78 is 0. The van der Waals surface area contributed by atoms with Crippen LogP contribution in [-0.4, -0.2) is 0 Å². The second-order valence-corrected chi connectivity index (χ2v) is 11.6. The second kappa shape index (κ2) is 9.93. The van der Waals surface area contributed by atoms with E-state index in [0.29, 0.717) is 0 Å². The maximum Gasteiger partial charge on any atom is -0.00141 e. The van der Waals surface area contributed by atoms with Gasteiger partial charge in [0.25, 0.3) is 0 Å². The molecule has 204 valence electrons. The van der Waals surface area contributed by atoms with Crippen molar-refractivity contribution in [3.05, 3.63) is 170 Å². The largest absolute Gasteiger partial charge is 0.0616 e. The SMILES string of the molecule is c1ccc2c(-c3ccc(-c4c5ccccc5c(-c5cccc6ccccc56)c5ccc6ccccc6c45)cc3)cccc2c1. The Morgan fingerprint density at radius 1 is 0.227 bits per heavy atom. The van der Waals surface area contributed by atoms with Crippen molar-refractivity contribution in [2.45, 2.75) is 0 Å². The van der Waals surface area contributed by atoms with Crippen LogP contribution in [0.3, 0.4) is 0 Å².